The summed E-state index contributed by atoms with van der Waals surface area (Å²) < 4.78 is 5.15. The summed E-state index contributed by atoms with van der Waals surface area (Å²) in [5.74, 6) is -0.452. The number of carboxylic acid groups (broad SMARTS) is 1. The average molecular weight is 269 g/mol. The zero-order valence-corrected chi connectivity index (χ0v) is 10.6. The van der Waals surface area contributed by atoms with Crippen LogP contribution >= 0.6 is 0 Å². The minimum Gasteiger partial charge on any atom is -0.497 e. The predicted octanol–water partition coefficient (Wildman–Crippen LogP) is 2.39. The number of rotatable bonds is 2. The molecule has 100 valence electrons. The zero-order valence-electron chi connectivity index (χ0n) is 10.6. The van der Waals surface area contributed by atoms with E-state index in [0.29, 0.717) is 27.3 Å². The van der Waals surface area contributed by atoms with E-state index in [-0.39, 0.29) is 11.1 Å². The number of aromatic nitrogens is 1. The first-order chi connectivity index (χ1) is 9.61. The molecule has 0 fully saturated rings. The lowest BCUT2D eigenvalue weighted by atomic mass is 9.98. The number of aromatic carboxylic acids is 1. The van der Waals surface area contributed by atoms with Gasteiger partial charge in [0.15, 0.2) is 0 Å². The number of methoxy groups -OCH3 is 1. The van der Waals surface area contributed by atoms with Gasteiger partial charge in [0.1, 0.15) is 5.75 Å². The number of hydrogen-bond acceptors (Lipinski definition) is 3. The van der Waals surface area contributed by atoms with Crippen molar-refractivity contribution in [2.24, 2.45) is 0 Å². The molecule has 0 aliphatic heterocycles. The fourth-order valence-corrected chi connectivity index (χ4v) is 2.39. The standard InChI is InChI=1S/C15H11NO4/c1-20-9-2-3-10-11(7-9)13-8(4-5-16-14(13)17)6-12(10)15(18)19/h2-7H,1H3,(H,16,17)(H,18,19). The lowest BCUT2D eigenvalue weighted by molar-refractivity contribution is 0.0699. The molecule has 0 saturated heterocycles. The molecular weight excluding hydrogens is 258 g/mol. The molecule has 5 nitrogen and oxygen atoms in total. The molecule has 3 aromatic rings. The molecule has 1 aromatic heterocycles. The minimum absolute atomic E-state index is 0.167. The Labute approximate surface area is 113 Å². The second kappa shape index (κ2) is 4.38. The van der Waals surface area contributed by atoms with Gasteiger partial charge in [-0.25, -0.2) is 4.79 Å². The molecule has 0 spiro atoms. The fraction of sp³-hybridized carbons (Fsp3) is 0.0667. The monoisotopic (exact) mass is 269 g/mol. The highest BCUT2D eigenvalue weighted by Crippen LogP contribution is 2.29. The van der Waals surface area contributed by atoms with E-state index in [2.05, 4.69) is 4.98 Å². The summed E-state index contributed by atoms with van der Waals surface area (Å²) in [5, 5.41) is 11.5. The van der Waals surface area contributed by atoms with E-state index in [1.165, 1.54) is 19.4 Å². The molecular formula is C15H11NO4. The Morgan fingerprint density at radius 3 is 2.70 bits per heavy atom. The maximum Gasteiger partial charge on any atom is 0.336 e. The summed E-state index contributed by atoms with van der Waals surface area (Å²) in [7, 11) is 1.52. The predicted molar refractivity (Wildman–Crippen MR) is 75.6 cm³/mol. The lowest BCUT2D eigenvalue weighted by Crippen LogP contribution is -2.07. The summed E-state index contributed by atoms with van der Waals surface area (Å²) in [4.78, 5) is 26.0. The first-order valence-electron chi connectivity index (χ1n) is 5.97. The van der Waals surface area contributed by atoms with Crippen molar-refractivity contribution in [3.8, 4) is 5.75 Å². The Kier molecular flexibility index (Phi) is 2.68. The highest BCUT2D eigenvalue weighted by atomic mass is 16.5. The van der Waals surface area contributed by atoms with Crippen LogP contribution in [-0.2, 0) is 0 Å². The van der Waals surface area contributed by atoms with E-state index >= 15 is 0 Å². The molecule has 1 heterocycles. The normalized spacial score (nSPS) is 10.8. The Bertz CT molecular complexity index is 895. The summed E-state index contributed by atoms with van der Waals surface area (Å²) >= 11 is 0. The van der Waals surface area contributed by atoms with Crippen molar-refractivity contribution in [2.45, 2.75) is 0 Å². The van der Waals surface area contributed by atoms with E-state index in [4.69, 9.17) is 4.74 Å². The van der Waals surface area contributed by atoms with Gasteiger partial charge in [-0.1, -0.05) is 0 Å². The molecule has 0 atom stereocenters. The smallest absolute Gasteiger partial charge is 0.336 e. The summed E-state index contributed by atoms with van der Waals surface area (Å²) in [6.45, 7) is 0. The Balaban J connectivity index is 2.61. The third kappa shape index (κ3) is 1.72. The van der Waals surface area contributed by atoms with Gasteiger partial charge < -0.3 is 14.8 Å². The molecule has 0 saturated carbocycles. The van der Waals surface area contributed by atoms with Crippen molar-refractivity contribution < 1.29 is 14.6 Å². The van der Waals surface area contributed by atoms with Crippen molar-refractivity contribution in [3.05, 3.63) is 52.4 Å². The molecule has 3 rings (SSSR count). The molecule has 0 bridgehead atoms. The van der Waals surface area contributed by atoms with Gasteiger partial charge in [0.2, 0.25) is 0 Å². The summed E-state index contributed by atoms with van der Waals surface area (Å²) in [6, 6.07) is 8.21. The Morgan fingerprint density at radius 1 is 1.20 bits per heavy atom. The summed E-state index contributed by atoms with van der Waals surface area (Å²) in [5.41, 5.74) is -0.0848. The van der Waals surface area contributed by atoms with Crippen LogP contribution in [-0.4, -0.2) is 23.2 Å². The first kappa shape index (κ1) is 12.2. The van der Waals surface area contributed by atoms with Crippen LogP contribution in [0.3, 0.4) is 0 Å². The van der Waals surface area contributed by atoms with Crippen LogP contribution in [0.1, 0.15) is 10.4 Å². The molecule has 0 aliphatic rings. The van der Waals surface area contributed by atoms with E-state index in [1.807, 2.05) is 0 Å². The number of fused-ring (bicyclic) bond motifs is 3. The van der Waals surface area contributed by atoms with Crippen LogP contribution in [0.4, 0.5) is 0 Å². The molecule has 2 N–H and O–H groups in total. The van der Waals surface area contributed by atoms with Crippen LogP contribution < -0.4 is 10.3 Å². The second-order valence-corrected chi connectivity index (χ2v) is 4.41. The number of H-pyrrole nitrogens is 1. The van der Waals surface area contributed by atoms with Gasteiger partial charge in [-0.15, -0.1) is 0 Å². The number of pyridine rings is 1. The van der Waals surface area contributed by atoms with Gasteiger partial charge in [-0.05, 0) is 46.5 Å². The number of carbonyl (C=O) groups is 1. The maximum atomic E-state index is 12.0. The average Bonchev–Trinajstić information content (AvgIpc) is 2.45. The molecule has 5 heteroatoms. The van der Waals surface area contributed by atoms with Gasteiger partial charge in [0.05, 0.1) is 18.1 Å². The SMILES string of the molecule is COc1ccc2c(C(=O)O)cc3cc[nH]c(=O)c3c2c1. The molecule has 20 heavy (non-hydrogen) atoms. The quantitative estimate of drug-likeness (QED) is 0.700. The number of hydrogen-bond donors (Lipinski definition) is 2. The largest absolute Gasteiger partial charge is 0.497 e. The van der Waals surface area contributed by atoms with Crippen LogP contribution in [0.5, 0.6) is 5.75 Å². The van der Waals surface area contributed by atoms with Crippen LogP contribution in [0, 0.1) is 0 Å². The molecule has 0 aliphatic carbocycles. The van der Waals surface area contributed by atoms with Gasteiger partial charge in [0, 0.05) is 6.20 Å². The Morgan fingerprint density at radius 2 is 2.00 bits per heavy atom. The van der Waals surface area contributed by atoms with Gasteiger partial charge in [0.25, 0.3) is 5.56 Å². The molecule has 0 radical (unpaired) electrons. The van der Waals surface area contributed by atoms with E-state index in [0.717, 1.165) is 0 Å². The summed E-state index contributed by atoms with van der Waals surface area (Å²) in [6.07, 6.45) is 1.50. The first-order valence-corrected chi connectivity index (χ1v) is 5.97. The third-order valence-electron chi connectivity index (χ3n) is 3.31. The van der Waals surface area contributed by atoms with Crippen molar-refractivity contribution in [3.63, 3.8) is 0 Å². The van der Waals surface area contributed by atoms with Crippen molar-refractivity contribution in [1.29, 1.82) is 0 Å². The van der Waals surface area contributed by atoms with Gasteiger partial charge >= 0.3 is 5.97 Å². The number of nitrogens with one attached hydrogen (secondary N) is 1. The Hall–Kier alpha value is -2.82. The van der Waals surface area contributed by atoms with E-state index in [9.17, 15) is 14.7 Å². The van der Waals surface area contributed by atoms with Crippen molar-refractivity contribution in [1.82, 2.24) is 4.98 Å². The highest BCUT2D eigenvalue weighted by Gasteiger charge is 2.14. The maximum absolute atomic E-state index is 12.0. The molecule has 2 aromatic carbocycles. The van der Waals surface area contributed by atoms with E-state index in [1.54, 1.807) is 24.3 Å². The van der Waals surface area contributed by atoms with Crippen molar-refractivity contribution >= 4 is 27.5 Å². The van der Waals surface area contributed by atoms with Gasteiger partial charge in [-0.3, -0.25) is 4.79 Å². The molecule has 0 unspecified atom stereocenters. The van der Waals surface area contributed by atoms with Crippen LogP contribution in [0.15, 0.2) is 41.3 Å². The van der Waals surface area contributed by atoms with Crippen LogP contribution in [0.2, 0.25) is 0 Å². The van der Waals surface area contributed by atoms with Gasteiger partial charge in [-0.2, -0.15) is 0 Å². The molecule has 0 amide bonds. The third-order valence-corrected chi connectivity index (χ3v) is 3.31. The number of ether oxygens (including phenoxy) is 1. The van der Waals surface area contributed by atoms with Crippen LogP contribution in [0.25, 0.3) is 21.5 Å². The lowest BCUT2D eigenvalue weighted by Gasteiger charge is -2.08. The number of carboxylic acids is 1. The number of aromatic amines is 1. The highest BCUT2D eigenvalue weighted by molar-refractivity contribution is 6.15. The van der Waals surface area contributed by atoms with E-state index < -0.39 is 5.97 Å². The zero-order chi connectivity index (χ0) is 14.3. The fourth-order valence-electron chi connectivity index (χ4n) is 2.39. The topological polar surface area (TPSA) is 79.4 Å². The number of benzene rings is 2. The second-order valence-electron chi connectivity index (χ2n) is 4.41. The minimum atomic E-state index is -1.03. The van der Waals surface area contributed by atoms with Crippen molar-refractivity contribution in [2.75, 3.05) is 7.11 Å².